The predicted molar refractivity (Wildman–Crippen MR) is 104 cm³/mol. The molecule has 0 saturated carbocycles. The van der Waals surface area contributed by atoms with E-state index in [9.17, 15) is 19.7 Å². The molecule has 1 amide bonds. The number of carbonyl (C=O) groups excluding carboxylic acids is 2. The molecule has 2 aromatic carbocycles. The molecule has 0 aromatic heterocycles. The van der Waals surface area contributed by atoms with E-state index in [1.54, 1.807) is 24.0 Å². The lowest BCUT2D eigenvalue weighted by molar-refractivity contribution is -0.384. The van der Waals surface area contributed by atoms with E-state index in [-0.39, 0.29) is 17.6 Å². The van der Waals surface area contributed by atoms with Crippen molar-refractivity contribution in [1.82, 2.24) is 4.90 Å². The zero-order chi connectivity index (χ0) is 20.6. The van der Waals surface area contributed by atoms with E-state index in [1.165, 1.54) is 19.2 Å². The number of hydrogen-bond acceptors (Lipinski definition) is 5. The van der Waals surface area contributed by atoms with Crippen molar-refractivity contribution in [2.45, 2.75) is 39.3 Å². The molecule has 3 rings (SSSR count). The molecule has 0 fully saturated rings. The molecule has 2 aromatic rings. The molecule has 0 radical (unpaired) electrons. The van der Waals surface area contributed by atoms with Gasteiger partial charge in [-0.1, -0.05) is 19.1 Å². The summed E-state index contributed by atoms with van der Waals surface area (Å²) < 4.78 is 4.86. The summed E-state index contributed by atoms with van der Waals surface area (Å²) >= 11 is 0. The van der Waals surface area contributed by atoms with Crippen LogP contribution in [0.15, 0.2) is 36.4 Å². The van der Waals surface area contributed by atoms with Crippen molar-refractivity contribution in [3.05, 3.63) is 63.2 Å². The first-order valence-corrected chi connectivity index (χ1v) is 9.10. The van der Waals surface area contributed by atoms with Gasteiger partial charge >= 0.3 is 5.97 Å². The van der Waals surface area contributed by atoms with Gasteiger partial charge in [-0.3, -0.25) is 14.9 Å². The van der Waals surface area contributed by atoms with Crippen molar-refractivity contribution in [1.29, 1.82) is 0 Å². The Morgan fingerprint density at radius 1 is 1.25 bits per heavy atom. The number of nitro groups is 1. The van der Waals surface area contributed by atoms with E-state index in [2.05, 4.69) is 0 Å². The molecule has 2 atom stereocenters. The molecule has 28 heavy (non-hydrogen) atoms. The molecular formula is C21H22N2O5. The van der Waals surface area contributed by atoms with Gasteiger partial charge in [0.1, 0.15) is 6.04 Å². The summed E-state index contributed by atoms with van der Waals surface area (Å²) in [6, 6.07) is 9.38. The van der Waals surface area contributed by atoms with Gasteiger partial charge in [0.2, 0.25) is 0 Å². The number of nitrogens with zero attached hydrogens (tertiary/aromatic N) is 2. The van der Waals surface area contributed by atoms with Crippen LogP contribution in [-0.2, 0) is 9.53 Å². The van der Waals surface area contributed by atoms with E-state index >= 15 is 0 Å². The lowest BCUT2D eigenvalue weighted by Crippen LogP contribution is -2.43. The number of ether oxygens (including phenoxy) is 1. The number of nitro benzene ring substituents is 1. The highest BCUT2D eigenvalue weighted by atomic mass is 16.6. The topological polar surface area (TPSA) is 89.8 Å². The maximum absolute atomic E-state index is 13.1. The Hall–Kier alpha value is -3.22. The van der Waals surface area contributed by atoms with Gasteiger partial charge in [0.05, 0.1) is 18.1 Å². The van der Waals surface area contributed by atoms with Gasteiger partial charge in [-0.2, -0.15) is 0 Å². The average molecular weight is 382 g/mol. The first kappa shape index (κ1) is 19.5. The first-order valence-electron chi connectivity index (χ1n) is 9.10. The third kappa shape index (κ3) is 3.13. The molecule has 1 aliphatic heterocycles. The Kier molecular flexibility index (Phi) is 5.18. The molecule has 0 bridgehead atoms. The summed E-state index contributed by atoms with van der Waals surface area (Å²) in [5, 5.41) is 11.0. The van der Waals surface area contributed by atoms with Gasteiger partial charge in [0.25, 0.3) is 11.6 Å². The SMILES string of the molecule is CC[C@@H](C(=O)OC)N1C(=O)c2cc(-c3ccc([N+](=O)[O-])cc3C)ccc2[C@@H]1C. The fourth-order valence-corrected chi connectivity index (χ4v) is 3.85. The molecule has 1 aliphatic rings. The number of hydrogen-bond donors (Lipinski definition) is 0. The second kappa shape index (κ2) is 7.42. The summed E-state index contributed by atoms with van der Waals surface area (Å²) in [6.07, 6.45) is 0.463. The van der Waals surface area contributed by atoms with Gasteiger partial charge in [0.15, 0.2) is 0 Å². The number of esters is 1. The van der Waals surface area contributed by atoms with E-state index in [4.69, 9.17) is 4.74 Å². The smallest absolute Gasteiger partial charge is 0.328 e. The second-order valence-corrected chi connectivity index (χ2v) is 6.89. The number of fused-ring (bicyclic) bond motifs is 1. The molecule has 7 nitrogen and oxygen atoms in total. The molecule has 0 saturated heterocycles. The van der Waals surface area contributed by atoms with Gasteiger partial charge < -0.3 is 9.64 Å². The minimum atomic E-state index is -0.635. The van der Waals surface area contributed by atoms with Crippen LogP contribution in [0.3, 0.4) is 0 Å². The summed E-state index contributed by atoms with van der Waals surface area (Å²) in [5.41, 5.74) is 3.82. The predicted octanol–water partition coefficient (Wildman–Crippen LogP) is 4.04. The maximum atomic E-state index is 13.1. The van der Waals surface area contributed by atoms with Crippen molar-refractivity contribution < 1.29 is 19.2 Å². The Morgan fingerprint density at radius 3 is 2.54 bits per heavy atom. The Balaban J connectivity index is 2.01. The number of aryl methyl sites for hydroxylation is 1. The zero-order valence-corrected chi connectivity index (χ0v) is 16.3. The van der Waals surface area contributed by atoms with Gasteiger partial charge in [0, 0.05) is 17.7 Å². The monoisotopic (exact) mass is 382 g/mol. The van der Waals surface area contributed by atoms with Crippen molar-refractivity contribution in [3.63, 3.8) is 0 Å². The molecular weight excluding hydrogens is 360 g/mol. The molecule has 1 heterocycles. The van der Waals surface area contributed by atoms with Crippen LogP contribution in [-0.4, -0.2) is 34.9 Å². The molecule has 0 unspecified atom stereocenters. The third-order valence-corrected chi connectivity index (χ3v) is 5.31. The average Bonchev–Trinajstić information content (AvgIpc) is 2.93. The fourth-order valence-electron chi connectivity index (χ4n) is 3.85. The highest BCUT2D eigenvalue weighted by Gasteiger charge is 2.41. The van der Waals surface area contributed by atoms with E-state index in [0.29, 0.717) is 12.0 Å². The molecule has 0 spiro atoms. The number of carbonyl (C=O) groups is 2. The molecule has 0 N–H and O–H groups in total. The van der Waals surface area contributed by atoms with Crippen LogP contribution in [0.5, 0.6) is 0 Å². The minimum absolute atomic E-state index is 0.0298. The van der Waals surface area contributed by atoms with Crippen molar-refractivity contribution in [2.75, 3.05) is 7.11 Å². The molecule has 146 valence electrons. The van der Waals surface area contributed by atoms with Crippen LogP contribution >= 0.6 is 0 Å². The lowest BCUT2D eigenvalue weighted by atomic mass is 9.95. The zero-order valence-electron chi connectivity index (χ0n) is 16.3. The Labute approximate surface area is 163 Å². The van der Waals surface area contributed by atoms with Crippen LogP contribution in [0.1, 0.15) is 47.8 Å². The largest absolute Gasteiger partial charge is 0.467 e. The van der Waals surface area contributed by atoms with E-state index in [1.807, 2.05) is 26.0 Å². The maximum Gasteiger partial charge on any atom is 0.328 e. The number of rotatable bonds is 5. The Morgan fingerprint density at radius 2 is 1.96 bits per heavy atom. The summed E-state index contributed by atoms with van der Waals surface area (Å²) in [7, 11) is 1.32. The summed E-state index contributed by atoms with van der Waals surface area (Å²) in [4.78, 5) is 37.3. The van der Waals surface area contributed by atoms with Gasteiger partial charge in [-0.25, -0.2) is 4.79 Å². The number of methoxy groups -OCH3 is 1. The van der Waals surface area contributed by atoms with Crippen molar-refractivity contribution >= 4 is 17.6 Å². The summed E-state index contributed by atoms with van der Waals surface area (Å²) in [5.74, 6) is -0.636. The highest BCUT2D eigenvalue weighted by Crippen LogP contribution is 2.38. The quantitative estimate of drug-likeness (QED) is 0.442. The van der Waals surface area contributed by atoms with Gasteiger partial charge in [-0.05, 0) is 54.7 Å². The second-order valence-electron chi connectivity index (χ2n) is 6.89. The number of amides is 1. The highest BCUT2D eigenvalue weighted by molar-refractivity contribution is 6.02. The first-order chi connectivity index (χ1) is 13.3. The summed E-state index contributed by atoms with van der Waals surface area (Å²) in [6.45, 7) is 5.54. The van der Waals surface area contributed by atoms with Crippen LogP contribution in [0.2, 0.25) is 0 Å². The van der Waals surface area contributed by atoms with E-state index < -0.39 is 16.9 Å². The lowest BCUT2D eigenvalue weighted by Gasteiger charge is -2.29. The van der Waals surface area contributed by atoms with Crippen LogP contribution in [0, 0.1) is 17.0 Å². The van der Waals surface area contributed by atoms with Crippen LogP contribution < -0.4 is 0 Å². The third-order valence-electron chi connectivity index (χ3n) is 5.31. The fraction of sp³-hybridized carbons (Fsp3) is 0.333. The molecule has 0 aliphatic carbocycles. The van der Waals surface area contributed by atoms with Crippen LogP contribution in [0.4, 0.5) is 5.69 Å². The van der Waals surface area contributed by atoms with Gasteiger partial charge in [-0.15, -0.1) is 0 Å². The number of non-ortho nitro benzene ring substituents is 1. The molecule has 7 heteroatoms. The Bertz CT molecular complexity index is 969. The van der Waals surface area contributed by atoms with Crippen LogP contribution in [0.25, 0.3) is 11.1 Å². The van der Waals surface area contributed by atoms with Crippen molar-refractivity contribution in [3.8, 4) is 11.1 Å². The number of benzene rings is 2. The standard InChI is InChI=1S/C21H22N2O5/c1-5-19(21(25)28-4)22-13(3)17-8-6-14(11-18(17)20(22)24)16-9-7-15(23(26)27)10-12(16)2/h6-11,13,19H,5H2,1-4H3/t13-,19-/m0/s1. The minimum Gasteiger partial charge on any atom is -0.467 e. The van der Waals surface area contributed by atoms with E-state index in [0.717, 1.165) is 22.3 Å². The normalized spacial score (nSPS) is 16.6. The van der Waals surface area contributed by atoms with Crippen molar-refractivity contribution in [2.24, 2.45) is 0 Å².